The average molecular weight is 524 g/mol. The molecule has 0 bridgehead atoms. The zero-order valence-corrected chi connectivity index (χ0v) is 21.7. The first-order valence-corrected chi connectivity index (χ1v) is 14.1. The molecule has 0 radical (unpaired) electrons. The topological polar surface area (TPSA) is 76.1 Å². The number of hydrogen-bond acceptors (Lipinski definition) is 6. The van der Waals surface area contributed by atoms with Crippen LogP contribution in [0.2, 0.25) is 0 Å². The summed E-state index contributed by atoms with van der Waals surface area (Å²) < 4.78 is 49.4. The number of aromatic hydroxyl groups is 1. The van der Waals surface area contributed by atoms with Crippen LogP contribution in [0.1, 0.15) is 29.7 Å². The van der Waals surface area contributed by atoms with Crippen molar-refractivity contribution in [2.75, 3.05) is 39.2 Å². The summed E-state index contributed by atoms with van der Waals surface area (Å²) in [6.07, 6.45) is 0.678. The molecule has 0 spiro atoms. The van der Waals surface area contributed by atoms with E-state index < -0.39 is 15.9 Å². The van der Waals surface area contributed by atoms with Crippen molar-refractivity contribution in [3.8, 4) is 17.2 Å². The predicted octanol–water partition coefficient (Wildman–Crippen LogP) is 5.14. The van der Waals surface area contributed by atoms with Crippen molar-refractivity contribution in [3.63, 3.8) is 0 Å². The number of likely N-dealkylation sites (tertiary alicyclic amines) is 1. The summed E-state index contributed by atoms with van der Waals surface area (Å²) in [7, 11) is -3.39. The van der Waals surface area contributed by atoms with Gasteiger partial charge in [0.05, 0.1) is 11.6 Å². The van der Waals surface area contributed by atoms with Crippen LogP contribution in [-0.2, 0) is 9.84 Å². The molecule has 0 unspecified atom stereocenters. The molecule has 5 rings (SSSR count). The molecule has 6 nitrogen and oxygen atoms in total. The molecule has 194 valence electrons. The monoisotopic (exact) mass is 523 g/mol. The molecule has 1 atom stereocenters. The number of hydrogen-bond donors (Lipinski definition) is 1. The van der Waals surface area contributed by atoms with E-state index in [1.807, 2.05) is 43.3 Å². The quantitative estimate of drug-likeness (QED) is 0.441. The van der Waals surface area contributed by atoms with Crippen LogP contribution in [0.15, 0.2) is 71.6 Å². The third kappa shape index (κ3) is 5.36. The first kappa shape index (κ1) is 25.3. The highest BCUT2D eigenvalue weighted by Crippen LogP contribution is 2.47. The van der Waals surface area contributed by atoms with E-state index in [2.05, 4.69) is 4.90 Å². The molecular formula is C29H30FNO5S. The summed E-state index contributed by atoms with van der Waals surface area (Å²) >= 11 is 0. The summed E-state index contributed by atoms with van der Waals surface area (Å²) in [4.78, 5) is 2.41. The van der Waals surface area contributed by atoms with Gasteiger partial charge in [0.25, 0.3) is 0 Å². The van der Waals surface area contributed by atoms with E-state index in [1.54, 1.807) is 30.3 Å². The number of benzene rings is 3. The summed E-state index contributed by atoms with van der Waals surface area (Å²) in [5.41, 5.74) is 4.27. The fraction of sp³-hybridized carbons (Fsp3) is 0.310. The van der Waals surface area contributed by atoms with E-state index in [0.717, 1.165) is 53.2 Å². The minimum atomic E-state index is -3.39. The average Bonchev–Trinajstić information content (AvgIpc) is 2.85. The van der Waals surface area contributed by atoms with Crippen LogP contribution in [-0.4, -0.2) is 57.6 Å². The number of halogens is 1. The Kier molecular flexibility index (Phi) is 6.96. The maximum absolute atomic E-state index is 12.6. The van der Waals surface area contributed by atoms with Gasteiger partial charge in [-0.05, 0) is 60.0 Å². The van der Waals surface area contributed by atoms with Crippen molar-refractivity contribution in [2.24, 2.45) is 5.92 Å². The van der Waals surface area contributed by atoms with Gasteiger partial charge in [0.1, 0.15) is 30.0 Å². The van der Waals surface area contributed by atoms with E-state index in [4.69, 9.17) is 9.47 Å². The van der Waals surface area contributed by atoms with Gasteiger partial charge >= 0.3 is 0 Å². The molecule has 0 aliphatic carbocycles. The lowest BCUT2D eigenvalue weighted by molar-refractivity contribution is 0.0668. The Morgan fingerprint density at radius 3 is 2.54 bits per heavy atom. The molecule has 2 heterocycles. The number of alkyl halides is 1. The summed E-state index contributed by atoms with van der Waals surface area (Å²) in [5.74, 6) is 1.55. The van der Waals surface area contributed by atoms with Crippen molar-refractivity contribution in [1.29, 1.82) is 0 Å². The number of fused-ring (bicyclic) bond motifs is 1. The lowest BCUT2D eigenvalue weighted by Crippen LogP contribution is -2.49. The number of ether oxygens (including phenoxy) is 2. The molecule has 2 aliphatic rings. The largest absolute Gasteiger partial charge is 0.508 e. The van der Waals surface area contributed by atoms with Gasteiger partial charge in [0.2, 0.25) is 0 Å². The fourth-order valence-electron chi connectivity index (χ4n) is 4.93. The molecule has 1 N–H and O–H groups in total. The second-order valence-corrected chi connectivity index (χ2v) is 11.7. The van der Waals surface area contributed by atoms with Gasteiger partial charge in [-0.15, -0.1) is 0 Å². The lowest BCUT2D eigenvalue weighted by Gasteiger charge is -2.37. The third-order valence-electron chi connectivity index (χ3n) is 6.96. The van der Waals surface area contributed by atoms with Crippen molar-refractivity contribution < 1.29 is 27.4 Å². The Morgan fingerprint density at radius 2 is 1.84 bits per heavy atom. The third-order valence-corrected chi connectivity index (χ3v) is 8.07. The molecule has 1 fully saturated rings. The van der Waals surface area contributed by atoms with Crippen molar-refractivity contribution >= 4 is 21.0 Å². The number of rotatable bonds is 8. The molecule has 0 saturated carbocycles. The number of sulfone groups is 1. The van der Waals surface area contributed by atoms with Crippen LogP contribution in [0.5, 0.6) is 17.2 Å². The first-order valence-electron chi connectivity index (χ1n) is 12.3. The van der Waals surface area contributed by atoms with Crippen LogP contribution in [0, 0.1) is 5.92 Å². The van der Waals surface area contributed by atoms with Gasteiger partial charge in [-0.1, -0.05) is 24.3 Å². The molecule has 37 heavy (non-hydrogen) atoms. The van der Waals surface area contributed by atoms with E-state index in [9.17, 15) is 17.9 Å². The van der Waals surface area contributed by atoms with Crippen LogP contribution < -0.4 is 9.47 Å². The highest BCUT2D eigenvalue weighted by molar-refractivity contribution is 7.90. The fourth-order valence-corrected chi connectivity index (χ4v) is 5.60. The Bertz CT molecular complexity index is 1430. The van der Waals surface area contributed by atoms with E-state index in [-0.39, 0.29) is 23.2 Å². The second kappa shape index (κ2) is 10.2. The van der Waals surface area contributed by atoms with E-state index in [0.29, 0.717) is 12.4 Å². The summed E-state index contributed by atoms with van der Waals surface area (Å²) in [5, 5.41) is 10.0. The number of phenolic OH excluding ortho intramolecular Hbond substituents is 1. The number of nitrogens with zero attached hydrogens (tertiary/aromatic N) is 1. The van der Waals surface area contributed by atoms with Crippen molar-refractivity contribution in [2.45, 2.75) is 17.9 Å². The summed E-state index contributed by atoms with van der Waals surface area (Å²) in [6.45, 7) is 4.56. The van der Waals surface area contributed by atoms with E-state index in [1.165, 1.54) is 6.26 Å². The van der Waals surface area contributed by atoms with Crippen LogP contribution >= 0.6 is 0 Å². The molecule has 3 aromatic rings. The van der Waals surface area contributed by atoms with Gasteiger partial charge in [-0.2, -0.15) is 0 Å². The first-order chi connectivity index (χ1) is 17.7. The Hall–Kier alpha value is -3.36. The number of allylic oxidation sites excluding steroid dienone is 1. The zero-order chi connectivity index (χ0) is 26.2. The van der Waals surface area contributed by atoms with Gasteiger partial charge in [-0.3, -0.25) is 9.29 Å². The normalized spacial score (nSPS) is 18.2. The standard InChI is InChI=1S/C29H30FNO5S/c1-19-26-11-8-23(32)15-27(26)36-29(28(19)22-4-3-5-25(14-22)37(2,33)34)21-6-9-24(10-7-21)35-13-12-31-17-20(16-30)18-31/h3-11,14-15,20,29,32H,12-13,16-18H2,1-2H3/t29-/m0/s1. The van der Waals surface area contributed by atoms with Crippen LogP contribution in [0.3, 0.4) is 0 Å². The molecule has 3 aromatic carbocycles. The van der Waals surface area contributed by atoms with Crippen LogP contribution in [0.25, 0.3) is 11.1 Å². The van der Waals surface area contributed by atoms with Crippen LogP contribution in [0.4, 0.5) is 4.39 Å². The highest BCUT2D eigenvalue weighted by Gasteiger charge is 2.30. The maximum atomic E-state index is 12.6. The van der Waals surface area contributed by atoms with Gasteiger partial charge < -0.3 is 14.6 Å². The Morgan fingerprint density at radius 1 is 1.08 bits per heavy atom. The zero-order valence-electron chi connectivity index (χ0n) is 20.9. The maximum Gasteiger partial charge on any atom is 0.175 e. The molecule has 8 heteroatoms. The summed E-state index contributed by atoms with van der Waals surface area (Å²) in [6, 6.07) is 19.5. The molecule has 0 aromatic heterocycles. The van der Waals surface area contributed by atoms with Gasteiger partial charge in [-0.25, -0.2) is 8.42 Å². The highest BCUT2D eigenvalue weighted by atomic mass is 32.2. The molecule has 2 aliphatic heterocycles. The second-order valence-electron chi connectivity index (χ2n) is 9.71. The van der Waals surface area contributed by atoms with E-state index >= 15 is 0 Å². The minimum Gasteiger partial charge on any atom is -0.508 e. The Labute approximate surface area is 216 Å². The minimum absolute atomic E-state index is 0.108. The van der Waals surface area contributed by atoms with Crippen molar-refractivity contribution in [3.05, 3.63) is 83.4 Å². The lowest BCUT2D eigenvalue weighted by atomic mass is 9.86. The number of phenols is 1. The molecule has 0 amide bonds. The SMILES string of the molecule is CC1=C(c2cccc(S(C)(=O)=O)c2)[C@H](c2ccc(OCCN3CC(CF)C3)cc2)Oc2cc(O)ccc21. The smallest absolute Gasteiger partial charge is 0.175 e. The Balaban J connectivity index is 1.43. The molecule has 1 saturated heterocycles. The molecular weight excluding hydrogens is 493 g/mol. The predicted molar refractivity (Wildman–Crippen MR) is 141 cm³/mol. The van der Waals surface area contributed by atoms with Crippen molar-refractivity contribution in [1.82, 2.24) is 4.90 Å². The van der Waals surface area contributed by atoms with Gasteiger partial charge in [0, 0.05) is 49.0 Å². The van der Waals surface area contributed by atoms with Gasteiger partial charge in [0.15, 0.2) is 9.84 Å².